The Labute approximate surface area is 140 Å². The van der Waals surface area contributed by atoms with E-state index in [2.05, 4.69) is 11.6 Å². The van der Waals surface area contributed by atoms with Crippen LogP contribution in [0.5, 0.6) is 5.75 Å². The molecular weight excluding hydrogens is 330 g/mol. The van der Waals surface area contributed by atoms with Crippen molar-refractivity contribution in [3.05, 3.63) is 80.2 Å². The summed E-state index contributed by atoms with van der Waals surface area (Å²) in [6.45, 7) is 3.75. The van der Waals surface area contributed by atoms with Crippen molar-refractivity contribution in [2.45, 2.75) is 13.0 Å². The molecule has 8 heteroatoms. The Hall–Kier alpha value is -3.00. The number of nitrogens with zero attached hydrogens (tertiary/aromatic N) is 3. The van der Waals surface area contributed by atoms with Crippen molar-refractivity contribution in [2.24, 2.45) is 0 Å². The van der Waals surface area contributed by atoms with Gasteiger partial charge < -0.3 is 4.74 Å². The number of non-ortho nitro benzene ring substituents is 1. The molecule has 0 saturated heterocycles. The molecule has 0 aliphatic heterocycles. The van der Waals surface area contributed by atoms with E-state index in [1.54, 1.807) is 23.7 Å². The Bertz CT molecular complexity index is 977. The molecule has 0 aliphatic rings. The first-order chi connectivity index (χ1) is 11.6. The van der Waals surface area contributed by atoms with E-state index < -0.39 is 4.92 Å². The molecule has 0 N–H and O–H groups in total. The summed E-state index contributed by atoms with van der Waals surface area (Å²) in [5.74, 6) is 0.508. The Kier molecular flexibility index (Phi) is 4.39. The Morgan fingerprint density at radius 2 is 2.25 bits per heavy atom. The van der Waals surface area contributed by atoms with Crippen LogP contribution in [0.4, 0.5) is 5.69 Å². The van der Waals surface area contributed by atoms with Crippen molar-refractivity contribution >= 4 is 22.0 Å². The number of nitro groups is 1. The van der Waals surface area contributed by atoms with Crippen LogP contribution in [-0.4, -0.2) is 14.3 Å². The molecule has 0 radical (unpaired) electrons. The molecule has 122 valence electrons. The predicted molar refractivity (Wildman–Crippen MR) is 90.7 cm³/mol. The topological polar surface area (TPSA) is 86.7 Å². The molecule has 0 saturated carbocycles. The van der Waals surface area contributed by atoms with Gasteiger partial charge in [-0.3, -0.25) is 19.3 Å². The highest BCUT2D eigenvalue weighted by atomic mass is 32.1. The maximum atomic E-state index is 11.9. The number of rotatable bonds is 6. The average molecular weight is 343 g/mol. The third-order valence-electron chi connectivity index (χ3n) is 3.35. The number of allylic oxidation sites excluding steroid dienone is 1. The van der Waals surface area contributed by atoms with Crippen LogP contribution >= 0.6 is 11.3 Å². The van der Waals surface area contributed by atoms with Crippen LogP contribution < -0.4 is 10.3 Å². The molecule has 3 aromatic rings. The molecule has 2 aromatic heterocycles. The number of hydrogen-bond donors (Lipinski definition) is 0. The molecule has 0 amide bonds. The molecular formula is C16H13N3O4S. The Morgan fingerprint density at radius 1 is 1.42 bits per heavy atom. The van der Waals surface area contributed by atoms with Crippen LogP contribution in [-0.2, 0) is 13.0 Å². The number of thiazole rings is 1. The zero-order valence-electron chi connectivity index (χ0n) is 12.5. The lowest BCUT2D eigenvalue weighted by atomic mass is 10.1. The summed E-state index contributed by atoms with van der Waals surface area (Å²) in [5, 5.41) is 12.7. The SMILES string of the molecule is C=CCc1cc([N+](=O)[O-])ccc1OCc1cc(=O)n2ccsc2n1. The third kappa shape index (κ3) is 3.18. The lowest BCUT2D eigenvalue weighted by Crippen LogP contribution is -2.14. The van der Waals surface area contributed by atoms with Crippen molar-refractivity contribution in [2.75, 3.05) is 0 Å². The standard InChI is InChI=1S/C16H13N3O4S/c1-2-3-11-8-13(19(21)22)4-5-14(11)23-10-12-9-15(20)18-6-7-24-16(18)17-12/h2,4-9H,1,3,10H2. The van der Waals surface area contributed by atoms with Gasteiger partial charge in [-0.25, -0.2) is 4.98 Å². The van der Waals surface area contributed by atoms with E-state index in [0.717, 1.165) is 0 Å². The molecule has 24 heavy (non-hydrogen) atoms. The average Bonchev–Trinajstić information content (AvgIpc) is 3.03. The highest BCUT2D eigenvalue weighted by Gasteiger charge is 2.12. The van der Waals surface area contributed by atoms with Crippen molar-refractivity contribution in [1.29, 1.82) is 0 Å². The first-order valence-electron chi connectivity index (χ1n) is 7.05. The van der Waals surface area contributed by atoms with E-state index in [4.69, 9.17) is 4.74 Å². The second kappa shape index (κ2) is 6.63. The molecule has 0 bridgehead atoms. The Morgan fingerprint density at radius 3 is 3.00 bits per heavy atom. The zero-order chi connectivity index (χ0) is 17.1. The van der Waals surface area contributed by atoms with Gasteiger partial charge in [-0.05, 0) is 12.5 Å². The van der Waals surface area contributed by atoms with Gasteiger partial charge in [0, 0.05) is 35.3 Å². The van der Waals surface area contributed by atoms with Crippen molar-refractivity contribution < 1.29 is 9.66 Å². The largest absolute Gasteiger partial charge is 0.487 e. The summed E-state index contributed by atoms with van der Waals surface area (Å²) >= 11 is 1.36. The number of benzene rings is 1. The van der Waals surface area contributed by atoms with Crippen LogP contribution in [0, 0.1) is 10.1 Å². The number of aromatic nitrogens is 2. The minimum Gasteiger partial charge on any atom is -0.487 e. The minimum atomic E-state index is -0.455. The quantitative estimate of drug-likeness (QED) is 0.390. The van der Waals surface area contributed by atoms with Gasteiger partial charge in [0.05, 0.1) is 10.6 Å². The Balaban J connectivity index is 1.85. The van der Waals surface area contributed by atoms with Gasteiger partial charge in [0.1, 0.15) is 12.4 Å². The van der Waals surface area contributed by atoms with Gasteiger partial charge in [0.15, 0.2) is 4.96 Å². The maximum absolute atomic E-state index is 11.9. The molecule has 0 aliphatic carbocycles. The number of fused-ring (bicyclic) bond motifs is 1. The summed E-state index contributed by atoms with van der Waals surface area (Å²) in [6.07, 6.45) is 3.75. The van der Waals surface area contributed by atoms with E-state index in [1.165, 1.54) is 33.9 Å². The molecule has 0 unspecified atom stereocenters. The molecule has 7 nitrogen and oxygen atoms in total. The number of ether oxygens (including phenoxy) is 1. The second-order valence-electron chi connectivity index (χ2n) is 4.97. The smallest absolute Gasteiger partial charge is 0.269 e. The molecule has 2 heterocycles. The number of nitro benzene ring substituents is 1. The van der Waals surface area contributed by atoms with Gasteiger partial charge in [0.25, 0.3) is 11.2 Å². The third-order valence-corrected chi connectivity index (χ3v) is 4.11. The lowest BCUT2D eigenvalue weighted by Gasteiger charge is -2.10. The van der Waals surface area contributed by atoms with Crippen molar-refractivity contribution in [3.8, 4) is 5.75 Å². The van der Waals surface area contributed by atoms with E-state index in [9.17, 15) is 14.9 Å². The predicted octanol–water partition coefficient (Wildman–Crippen LogP) is 2.97. The first kappa shape index (κ1) is 15.9. The van der Waals surface area contributed by atoms with Gasteiger partial charge in [-0.15, -0.1) is 17.9 Å². The number of hydrogen-bond acceptors (Lipinski definition) is 6. The zero-order valence-corrected chi connectivity index (χ0v) is 13.4. The summed E-state index contributed by atoms with van der Waals surface area (Å²) in [4.78, 5) is 27.3. The van der Waals surface area contributed by atoms with Gasteiger partial charge in [-0.1, -0.05) is 6.08 Å². The van der Waals surface area contributed by atoms with E-state index in [-0.39, 0.29) is 17.9 Å². The van der Waals surface area contributed by atoms with Crippen LogP contribution in [0.1, 0.15) is 11.3 Å². The first-order valence-corrected chi connectivity index (χ1v) is 7.93. The van der Waals surface area contributed by atoms with Crippen molar-refractivity contribution in [3.63, 3.8) is 0 Å². The molecule has 3 rings (SSSR count). The fourth-order valence-electron chi connectivity index (χ4n) is 2.25. The fraction of sp³-hybridized carbons (Fsp3) is 0.125. The van der Waals surface area contributed by atoms with Crippen LogP contribution in [0.3, 0.4) is 0 Å². The van der Waals surface area contributed by atoms with Crippen molar-refractivity contribution in [1.82, 2.24) is 9.38 Å². The molecule has 0 fully saturated rings. The van der Waals surface area contributed by atoms with E-state index in [0.29, 0.717) is 28.4 Å². The molecule has 1 aromatic carbocycles. The lowest BCUT2D eigenvalue weighted by molar-refractivity contribution is -0.384. The van der Waals surface area contributed by atoms with Crippen LogP contribution in [0.25, 0.3) is 4.96 Å². The van der Waals surface area contributed by atoms with Gasteiger partial charge >= 0.3 is 0 Å². The van der Waals surface area contributed by atoms with Crippen LogP contribution in [0.2, 0.25) is 0 Å². The second-order valence-corrected chi connectivity index (χ2v) is 5.84. The summed E-state index contributed by atoms with van der Waals surface area (Å²) in [7, 11) is 0. The highest BCUT2D eigenvalue weighted by Crippen LogP contribution is 2.25. The maximum Gasteiger partial charge on any atom is 0.269 e. The summed E-state index contributed by atoms with van der Waals surface area (Å²) < 4.78 is 7.18. The molecule has 0 atom stereocenters. The molecule has 0 spiro atoms. The van der Waals surface area contributed by atoms with Gasteiger partial charge in [0.2, 0.25) is 0 Å². The monoisotopic (exact) mass is 343 g/mol. The highest BCUT2D eigenvalue weighted by molar-refractivity contribution is 7.15. The van der Waals surface area contributed by atoms with Gasteiger partial charge in [-0.2, -0.15) is 0 Å². The van der Waals surface area contributed by atoms with E-state index in [1.807, 2.05) is 0 Å². The van der Waals surface area contributed by atoms with Crippen LogP contribution in [0.15, 0.2) is 53.3 Å². The van der Waals surface area contributed by atoms with E-state index >= 15 is 0 Å². The summed E-state index contributed by atoms with van der Waals surface area (Å²) in [6, 6.07) is 5.81. The summed E-state index contributed by atoms with van der Waals surface area (Å²) in [5.41, 5.74) is 0.990. The normalized spacial score (nSPS) is 10.7. The minimum absolute atomic E-state index is 0.00410. The fourth-order valence-corrected chi connectivity index (χ4v) is 2.99.